The molecule has 0 saturated carbocycles. The molecule has 9 heteroatoms. The van der Waals surface area contributed by atoms with E-state index in [1.807, 2.05) is 0 Å². The molecule has 1 amide bonds. The summed E-state index contributed by atoms with van der Waals surface area (Å²) in [7, 11) is 0. The van der Waals surface area contributed by atoms with Gasteiger partial charge in [-0.2, -0.15) is 5.10 Å². The molecule has 158 valence electrons. The van der Waals surface area contributed by atoms with Crippen LogP contribution in [0.4, 0.5) is 5.69 Å². The largest absolute Gasteiger partial charge is 0.758 e. The molecule has 2 atom stereocenters. The molecule has 0 radical (unpaired) electrons. The van der Waals surface area contributed by atoms with E-state index in [0.29, 0.717) is 22.7 Å². The minimum absolute atomic E-state index is 0.0342. The van der Waals surface area contributed by atoms with Crippen LogP contribution in [0.3, 0.4) is 0 Å². The van der Waals surface area contributed by atoms with Gasteiger partial charge in [0.1, 0.15) is 0 Å². The summed E-state index contributed by atoms with van der Waals surface area (Å²) in [6.07, 6.45) is 7.00. The van der Waals surface area contributed by atoms with Crippen molar-refractivity contribution in [3.8, 4) is 0 Å². The molecule has 0 N–H and O–H groups in total. The molecule has 31 heavy (non-hydrogen) atoms. The van der Waals surface area contributed by atoms with Crippen molar-refractivity contribution in [2.24, 2.45) is 5.10 Å². The van der Waals surface area contributed by atoms with Gasteiger partial charge in [-0.3, -0.25) is 14.9 Å². The SMILES string of the molecule is O=C(Cc1ccc(Cl)cc1)N1N=C(C2C=CC=CN2[O-])CC1c1ccc([N+](=O)[O-])cc1. The third-order valence-electron chi connectivity index (χ3n) is 5.20. The first-order valence-corrected chi connectivity index (χ1v) is 9.99. The van der Waals surface area contributed by atoms with Gasteiger partial charge in [-0.25, -0.2) is 5.01 Å². The highest BCUT2D eigenvalue weighted by Gasteiger charge is 2.35. The Morgan fingerprint density at radius 2 is 1.84 bits per heavy atom. The number of nitro benzene ring substituents is 1. The molecule has 4 rings (SSSR count). The number of carbonyl (C=O) groups excluding carboxylic acids is 1. The predicted octanol–water partition coefficient (Wildman–Crippen LogP) is 4.37. The minimum atomic E-state index is -0.598. The van der Waals surface area contributed by atoms with Crippen LogP contribution in [0.5, 0.6) is 0 Å². The van der Waals surface area contributed by atoms with E-state index >= 15 is 0 Å². The zero-order valence-corrected chi connectivity index (χ0v) is 17.1. The van der Waals surface area contributed by atoms with E-state index in [1.165, 1.54) is 23.3 Å². The highest BCUT2D eigenvalue weighted by Crippen LogP contribution is 2.34. The summed E-state index contributed by atoms with van der Waals surface area (Å²) in [5.74, 6) is -0.242. The van der Waals surface area contributed by atoms with Gasteiger partial charge in [0.25, 0.3) is 5.69 Å². The Balaban J connectivity index is 1.62. The Hall–Kier alpha value is -3.49. The lowest BCUT2D eigenvalue weighted by Gasteiger charge is -2.35. The first-order chi connectivity index (χ1) is 14.9. The number of nitrogens with zero attached hydrogens (tertiary/aromatic N) is 4. The van der Waals surface area contributed by atoms with Gasteiger partial charge in [0.2, 0.25) is 5.91 Å². The first-order valence-electron chi connectivity index (χ1n) is 9.61. The molecule has 2 aliphatic rings. The molecule has 8 nitrogen and oxygen atoms in total. The van der Waals surface area contributed by atoms with Crippen LogP contribution in [0, 0.1) is 15.3 Å². The van der Waals surface area contributed by atoms with E-state index < -0.39 is 17.0 Å². The molecule has 2 unspecified atom stereocenters. The van der Waals surface area contributed by atoms with Crippen LogP contribution in [0.25, 0.3) is 0 Å². The average molecular weight is 438 g/mol. The Kier molecular flexibility index (Phi) is 5.83. The average Bonchev–Trinajstić information content (AvgIpc) is 3.21. The fourth-order valence-corrected chi connectivity index (χ4v) is 3.74. The molecule has 2 heterocycles. The van der Waals surface area contributed by atoms with Gasteiger partial charge in [0.15, 0.2) is 0 Å². The van der Waals surface area contributed by atoms with E-state index in [4.69, 9.17) is 11.6 Å². The summed E-state index contributed by atoms with van der Waals surface area (Å²) in [4.78, 5) is 23.6. The van der Waals surface area contributed by atoms with Gasteiger partial charge in [-0.05, 0) is 35.5 Å². The number of benzene rings is 2. The third kappa shape index (κ3) is 4.50. The van der Waals surface area contributed by atoms with Crippen LogP contribution in [0.1, 0.15) is 23.6 Å². The topological polar surface area (TPSA) is 102 Å². The maximum Gasteiger partial charge on any atom is 0.269 e. The van der Waals surface area contributed by atoms with Crippen LogP contribution in [-0.4, -0.2) is 32.7 Å². The minimum Gasteiger partial charge on any atom is -0.758 e. The normalized spacial score (nSPS) is 20.1. The second kappa shape index (κ2) is 8.71. The van der Waals surface area contributed by atoms with E-state index in [0.717, 1.165) is 10.6 Å². The molecular weight excluding hydrogens is 420 g/mol. The van der Waals surface area contributed by atoms with E-state index in [1.54, 1.807) is 54.6 Å². The second-order valence-electron chi connectivity index (χ2n) is 7.23. The molecule has 0 spiro atoms. The van der Waals surface area contributed by atoms with Crippen molar-refractivity contribution in [3.63, 3.8) is 0 Å². The summed E-state index contributed by atoms with van der Waals surface area (Å²) in [6.45, 7) is 0. The fraction of sp³-hybridized carbons (Fsp3) is 0.182. The van der Waals surface area contributed by atoms with Crippen molar-refractivity contribution in [2.45, 2.75) is 24.9 Å². The number of carbonyl (C=O) groups is 1. The van der Waals surface area contributed by atoms with Gasteiger partial charge in [-0.15, -0.1) is 0 Å². The smallest absolute Gasteiger partial charge is 0.269 e. The number of rotatable bonds is 5. The van der Waals surface area contributed by atoms with Gasteiger partial charge in [0.05, 0.1) is 29.1 Å². The number of hydrazone groups is 1. The zero-order valence-electron chi connectivity index (χ0n) is 16.3. The molecule has 0 saturated heterocycles. The number of allylic oxidation sites excluding steroid dienone is 2. The van der Waals surface area contributed by atoms with E-state index in [2.05, 4.69) is 5.10 Å². The highest BCUT2D eigenvalue weighted by atomic mass is 35.5. The van der Waals surface area contributed by atoms with Gasteiger partial charge >= 0.3 is 0 Å². The second-order valence-corrected chi connectivity index (χ2v) is 7.67. The van der Waals surface area contributed by atoms with Crippen molar-refractivity contribution in [3.05, 3.63) is 104 Å². The molecule has 2 aromatic rings. The molecule has 2 aliphatic heterocycles. The Labute approximate surface area is 183 Å². The maximum atomic E-state index is 13.1. The highest BCUT2D eigenvalue weighted by molar-refractivity contribution is 6.30. The van der Waals surface area contributed by atoms with Crippen molar-refractivity contribution in [1.82, 2.24) is 10.1 Å². The first kappa shape index (κ1) is 20.8. The molecule has 0 bridgehead atoms. The standard InChI is InChI=1S/C22H18ClN4O4/c23-17-8-4-15(5-9-17)13-22(28)26-21(16-6-10-18(11-7-16)27(30)31)14-19(24-26)20-3-1-2-12-25(20)29/h1-12,20-21H,13-14H2/q-1. The van der Waals surface area contributed by atoms with Crippen molar-refractivity contribution in [1.29, 1.82) is 0 Å². The van der Waals surface area contributed by atoms with Gasteiger partial charge < -0.3 is 10.3 Å². The Morgan fingerprint density at radius 1 is 1.13 bits per heavy atom. The van der Waals surface area contributed by atoms with Crippen LogP contribution in [0.15, 0.2) is 78.1 Å². The zero-order chi connectivity index (χ0) is 22.0. The lowest BCUT2D eigenvalue weighted by molar-refractivity contribution is -0.384. The van der Waals surface area contributed by atoms with E-state index in [9.17, 15) is 20.1 Å². The number of amides is 1. The number of nitro groups is 1. The van der Waals surface area contributed by atoms with Gasteiger partial charge in [-0.1, -0.05) is 48.0 Å². The van der Waals surface area contributed by atoms with Crippen molar-refractivity contribution in [2.75, 3.05) is 0 Å². The Morgan fingerprint density at radius 3 is 2.48 bits per heavy atom. The molecule has 0 aromatic heterocycles. The summed E-state index contributed by atoms with van der Waals surface area (Å²) < 4.78 is 0. The van der Waals surface area contributed by atoms with Crippen LogP contribution < -0.4 is 0 Å². The number of hydroxylamine groups is 2. The molecule has 2 aromatic carbocycles. The quantitative estimate of drug-likeness (QED) is 0.510. The lowest BCUT2D eigenvalue weighted by Crippen LogP contribution is -2.32. The number of halogens is 1. The molecule has 0 aliphatic carbocycles. The monoisotopic (exact) mass is 437 g/mol. The fourth-order valence-electron chi connectivity index (χ4n) is 3.62. The predicted molar refractivity (Wildman–Crippen MR) is 117 cm³/mol. The third-order valence-corrected chi connectivity index (χ3v) is 5.45. The molecule has 0 fully saturated rings. The maximum absolute atomic E-state index is 13.1. The van der Waals surface area contributed by atoms with Crippen LogP contribution >= 0.6 is 11.6 Å². The number of hydrogen-bond donors (Lipinski definition) is 0. The number of non-ortho nitro benzene ring substituents is 1. The Bertz CT molecular complexity index is 1080. The summed E-state index contributed by atoms with van der Waals surface area (Å²) in [6, 6.07) is 12.0. The van der Waals surface area contributed by atoms with Crippen molar-refractivity contribution >= 4 is 28.9 Å². The summed E-state index contributed by atoms with van der Waals surface area (Å²) in [5, 5.41) is 30.5. The lowest BCUT2D eigenvalue weighted by atomic mass is 9.97. The van der Waals surface area contributed by atoms with E-state index in [-0.39, 0.29) is 18.0 Å². The van der Waals surface area contributed by atoms with Gasteiger partial charge in [0, 0.05) is 23.6 Å². The summed E-state index contributed by atoms with van der Waals surface area (Å²) >= 11 is 5.92. The number of hydrogen-bond acceptors (Lipinski definition) is 6. The molecular formula is C22H18ClN4O4-. The summed E-state index contributed by atoms with van der Waals surface area (Å²) in [5.41, 5.74) is 2.02. The van der Waals surface area contributed by atoms with Crippen molar-refractivity contribution < 1.29 is 9.72 Å². The van der Waals surface area contributed by atoms with Crippen LogP contribution in [0.2, 0.25) is 5.02 Å². The van der Waals surface area contributed by atoms with Crippen LogP contribution in [-0.2, 0) is 11.2 Å².